The minimum Gasteiger partial charge on any atom is -0.198 e. The van der Waals surface area contributed by atoms with Crippen LogP contribution in [0.1, 0.15) is 65.2 Å². The Balaban J connectivity index is 3.06. The second kappa shape index (κ2) is 11.3. The average molecular weight is 207 g/mol. The molecule has 0 aliphatic carbocycles. The molecule has 0 spiro atoms. The van der Waals surface area contributed by atoms with E-state index in [0.29, 0.717) is 0 Å². The SMILES string of the molecule is CCC=CCCCCCCCC(C)C#N. The van der Waals surface area contributed by atoms with Gasteiger partial charge in [0.2, 0.25) is 0 Å². The summed E-state index contributed by atoms with van der Waals surface area (Å²) in [5, 5.41) is 8.60. The Morgan fingerprint density at radius 3 is 2.40 bits per heavy atom. The first-order valence-corrected chi connectivity index (χ1v) is 6.35. The fraction of sp³-hybridized carbons (Fsp3) is 0.786. The van der Waals surface area contributed by atoms with Gasteiger partial charge < -0.3 is 0 Å². The van der Waals surface area contributed by atoms with Crippen LogP contribution in [0.4, 0.5) is 0 Å². The van der Waals surface area contributed by atoms with Crippen LogP contribution in [-0.4, -0.2) is 0 Å². The topological polar surface area (TPSA) is 23.8 Å². The van der Waals surface area contributed by atoms with E-state index >= 15 is 0 Å². The van der Waals surface area contributed by atoms with E-state index < -0.39 is 0 Å². The van der Waals surface area contributed by atoms with Gasteiger partial charge in [0.15, 0.2) is 0 Å². The summed E-state index contributed by atoms with van der Waals surface area (Å²) in [7, 11) is 0. The molecule has 0 aromatic rings. The van der Waals surface area contributed by atoms with E-state index in [-0.39, 0.29) is 5.92 Å². The maximum Gasteiger partial charge on any atom is 0.0652 e. The molecule has 86 valence electrons. The standard InChI is InChI=1S/C14H25N/c1-3-4-5-6-7-8-9-10-11-12-14(2)13-15/h4-5,14H,3,6-12H2,1-2H3. The van der Waals surface area contributed by atoms with Crippen molar-refractivity contribution in [1.29, 1.82) is 5.26 Å². The summed E-state index contributed by atoms with van der Waals surface area (Å²) in [6.45, 7) is 4.18. The van der Waals surface area contributed by atoms with Crippen LogP contribution in [0.2, 0.25) is 0 Å². The molecule has 0 heterocycles. The molecule has 0 radical (unpaired) electrons. The summed E-state index contributed by atoms with van der Waals surface area (Å²) in [5.74, 6) is 0.248. The molecule has 0 saturated heterocycles. The minimum absolute atomic E-state index is 0.248. The lowest BCUT2D eigenvalue weighted by Crippen LogP contribution is -1.89. The maximum atomic E-state index is 8.60. The van der Waals surface area contributed by atoms with Gasteiger partial charge in [-0.3, -0.25) is 0 Å². The van der Waals surface area contributed by atoms with Crippen molar-refractivity contribution in [3.05, 3.63) is 12.2 Å². The monoisotopic (exact) mass is 207 g/mol. The molecular weight excluding hydrogens is 182 g/mol. The van der Waals surface area contributed by atoms with E-state index in [9.17, 15) is 0 Å². The highest BCUT2D eigenvalue weighted by Crippen LogP contribution is 2.11. The van der Waals surface area contributed by atoms with Crippen LogP contribution in [0, 0.1) is 17.2 Å². The fourth-order valence-corrected chi connectivity index (χ4v) is 1.59. The highest BCUT2D eigenvalue weighted by molar-refractivity contribution is 4.79. The second-order valence-corrected chi connectivity index (χ2v) is 4.25. The van der Waals surface area contributed by atoms with Crippen LogP contribution >= 0.6 is 0 Å². The number of rotatable bonds is 9. The van der Waals surface area contributed by atoms with Gasteiger partial charge in [-0.25, -0.2) is 0 Å². The van der Waals surface area contributed by atoms with Crippen molar-refractivity contribution in [1.82, 2.24) is 0 Å². The molecule has 0 aliphatic heterocycles. The molecule has 1 unspecified atom stereocenters. The minimum atomic E-state index is 0.248. The highest BCUT2D eigenvalue weighted by atomic mass is 14.3. The second-order valence-electron chi connectivity index (χ2n) is 4.25. The first-order valence-electron chi connectivity index (χ1n) is 6.35. The number of hydrogen-bond donors (Lipinski definition) is 0. The first kappa shape index (κ1) is 14.2. The highest BCUT2D eigenvalue weighted by Gasteiger charge is 1.98. The predicted octanol–water partition coefficient (Wildman–Crippen LogP) is 4.84. The van der Waals surface area contributed by atoms with Crippen molar-refractivity contribution in [2.24, 2.45) is 5.92 Å². The molecule has 0 aromatic heterocycles. The van der Waals surface area contributed by atoms with Crippen molar-refractivity contribution in [3.8, 4) is 6.07 Å². The van der Waals surface area contributed by atoms with Crippen LogP contribution in [0.3, 0.4) is 0 Å². The van der Waals surface area contributed by atoms with Crippen molar-refractivity contribution in [2.75, 3.05) is 0 Å². The summed E-state index contributed by atoms with van der Waals surface area (Å²) < 4.78 is 0. The van der Waals surface area contributed by atoms with E-state index in [1.165, 1.54) is 38.5 Å². The molecular formula is C14H25N. The van der Waals surface area contributed by atoms with Gasteiger partial charge in [0.1, 0.15) is 0 Å². The molecule has 0 saturated carbocycles. The van der Waals surface area contributed by atoms with E-state index in [0.717, 1.165) is 12.8 Å². The Morgan fingerprint density at radius 2 is 1.73 bits per heavy atom. The Hall–Kier alpha value is -0.770. The molecule has 0 N–H and O–H groups in total. The third-order valence-electron chi connectivity index (χ3n) is 2.63. The van der Waals surface area contributed by atoms with Gasteiger partial charge >= 0.3 is 0 Å². The Kier molecular flexibility index (Phi) is 10.7. The number of hydrogen-bond acceptors (Lipinski definition) is 1. The molecule has 0 aliphatic rings. The number of allylic oxidation sites excluding steroid dienone is 2. The quantitative estimate of drug-likeness (QED) is 0.392. The van der Waals surface area contributed by atoms with Crippen LogP contribution in [-0.2, 0) is 0 Å². The zero-order valence-electron chi connectivity index (χ0n) is 10.3. The number of nitriles is 1. The lowest BCUT2D eigenvalue weighted by Gasteiger charge is -2.01. The molecule has 1 nitrogen and oxygen atoms in total. The number of unbranched alkanes of at least 4 members (excludes halogenated alkanes) is 5. The summed E-state index contributed by atoms with van der Waals surface area (Å²) in [4.78, 5) is 0. The smallest absolute Gasteiger partial charge is 0.0652 e. The zero-order valence-corrected chi connectivity index (χ0v) is 10.3. The van der Waals surface area contributed by atoms with Gasteiger partial charge in [-0.1, -0.05) is 44.8 Å². The van der Waals surface area contributed by atoms with Crippen LogP contribution in [0.5, 0.6) is 0 Å². The Morgan fingerprint density at radius 1 is 1.07 bits per heavy atom. The molecule has 15 heavy (non-hydrogen) atoms. The molecule has 0 rings (SSSR count). The molecule has 0 fully saturated rings. The lowest BCUT2D eigenvalue weighted by atomic mass is 10.0. The normalized spacial score (nSPS) is 12.9. The van der Waals surface area contributed by atoms with Crippen molar-refractivity contribution in [3.63, 3.8) is 0 Å². The zero-order chi connectivity index (χ0) is 11.4. The summed E-state index contributed by atoms with van der Waals surface area (Å²) in [6.07, 6.45) is 14.5. The third-order valence-corrected chi connectivity index (χ3v) is 2.63. The van der Waals surface area contributed by atoms with Gasteiger partial charge in [-0.2, -0.15) is 5.26 Å². The largest absolute Gasteiger partial charge is 0.198 e. The summed E-state index contributed by atoms with van der Waals surface area (Å²) >= 11 is 0. The van der Waals surface area contributed by atoms with Crippen LogP contribution in [0.25, 0.3) is 0 Å². The molecule has 0 bridgehead atoms. The maximum absolute atomic E-state index is 8.60. The van der Waals surface area contributed by atoms with E-state index in [1.807, 2.05) is 6.92 Å². The lowest BCUT2D eigenvalue weighted by molar-refractivity contribution is 0.551. The van der Waals surface area contributed by atoms with Gasteiger partial charge in [-0.05, 0) is 32.6 Å². The van der Waals surface area contributed by atoms with Gasteiger partial charge in [0, 0.05) is 5.92 Å². The average Bonchev–Trinajstić information content (AvgIpc) is 2.26. The van der Waals surface area contributed by atoms with Gasteiger partial charge in [0.05, 0.1) is 6.07 Å². The van der Waals surface area contributed by atoms with E-state index in [4.69, 9.17) is 5.26 Å². The third kappa shape index (κ3) is 11.2. The van der Waals surface area contributed by atoms with E-state index in [1.54, 1.807) is 0 Å². The molecule has 1 heteroatoms. The van der Waals surface area contributed by atoms with Crippen LogP contribution < -0.4 is 0 Å². The fourth-order valence-electron chi connectivity index (χ4n) is 1.59. The van der Waals surface area contributed by atoms with Crippen molar-refractivity contribution < 1.29 is 0 Å². The number of nitrogens with zero attached hydrogens (tertiary/aromatic N) is 1. The summed E-state index contributed by atoms with van der Waals surface area (Å²) in [5.41, 5.74) is 0. The van der Waals surface area contributed by atoms with Crippen molar-refractivity contribution in [2.45, 2.75) is 65.2 Å². The van der Waals surface area contributed by atoms with Gasteiger partial charge in [0.25, 0.3) is 0 Å². The van der Waals surface area contributed by atoms with E-state index in [2.05, 4.69) is 25.1 Å². The first-order chi connectivity index (χ1) is 7.31. The molecule has 0 aromatic carbocycles. The van der Waals surface area contributed by atoms with Crippen LogP contribution in [0.15, 0.2) is 12.2 Å². The van der Waals surface area contributed by atoms with Crippen molar-refractivity contribution >= 4 is 0 Å². The molecule has 1 atom stereocenters. The molecule has 0 amide bonds. The Labute approximate surface area is 95.2 Å². The predicted molar refractivity (Wildman–Crippen MR) is 66.5 cm³/mol. The Bertz CT molecular complexity index is 188. The summed E-state index contributed by atoms with van der Waals surface area (Å²) in [6, 6.07) is 2.28. The van der Waals surface area contributed by atoms with Gasteiger partial charge in [-0.15, -0.1) is 0 Å².